The van der Waals surface area contributed by atoms with Crippen molar-refractivity contribution in [3.8, 4) is 0 Å². The molecule has 3 N–H and O–H groups in total. The summed E-state index contributed by atoms with van der Waals surface area (Å²) in [6.07, 6.45) is 2.70. The molecule has 0 spiro atoms. The molecule has 0 radical (unpaired) electrons. The van der Waals surface area contributed by atoms with Gasteiger partial charge in [0.1, 0.15) is 5.82 Å². The van der Waals surface area contributed by atoms with Gasteiger partial charge in [0.05, 0.1) is 6.61 Å². The van der Waals surface area contributed by atoms with E-state index in [9.17, 15) is 0 Å². The van der Waals surface area contributed by atoms with Crippen LogP contribution in [0.3, 0.4) is 0 Å². The molecule has 18 heavy (non-hydrogen) atoms. The summed E-state index contributed by atoms with van der Waals surface area (Å²) in [6.45, 7) is 3.16. The smallest absolute Gasteiger partial charge is 0.141 e. The zero-order chi connectivity index (χ0) is 13.2. The van der Waals surface area contributed by atoms with Crippen molar-refractivity contribution in [2.45, 2.75) is 6.42 Å². The molecule has 0 saturated carbocycles. The zero-order valence-corrected chi connectivity index (χ0v) is 11.1. The van der Waals surface area contributed by atoms with Crippen LogP contribution in [0.4, 0.5) is 11.5 Å². The Kier molecular flexibility index (Phi) is 7.09. The van der Waals surface area contributed by atoms with Gasteiger partial charge in [-0.2, -0.15) is 0 Å². The average molecular weight is 254 g/mol. The van der Waals surface area contributed by atoms with Gasteiger partial charge in [-0.15, -0.1) is 0 Å². The molecular weight excluding hydrogens is 232 g/mol. The Morgan fingerprint density at radius 1 is 1.28 bits per heavy atom. The van der Waals surface area contributed by atoms with Crippen molar-refractivity contribution < 1.29 is 9.47 Å². The highest BCUT2D eigenvalue weighted by Crippen LogP contribution is 2.16. The highest BCUT2D eigenvalue weighted by molar-refractivity contribution is 5.53. The van der Waals surface area contributed by atoms with Gasteiger partial charge >= 0.3 is 0 Å². The van der Waals surface area contributed by atoms with Crippen LogP contribution in [-0.2, 0) is 9.47 Å². The van der Waals surface area contributed by atoms with E-state index in [1.54, 1.807) is 20.4 Å². The van der Waals surface area contributed by atoms with Crippen molar-refractivity contribution in [1.82, 2.24) is 4.98 Å². The number of hydrogen-bond donors (Lipinski definition) is 2. The standard InChI is InChI=1S/C12H22N4O2/c1-17-8-3-6-16(7-9-18-2)11-4-5-14-12(10-11)15-13/h4-5,10H,3,6-9,13H2,1-2H3,(H,14,15). The molecule has 0 bridgehead atoms. The molecule has 6 heteroatoms. The van der Waals surface area contributed by atoms with E-state index in [2.05, 4.69) is 15.3 Å². The number of hydrogen-bond acceptors (Lipinski definition) is 6. The van der Waals surface area contributed by atoms with Gasteiger partial charge in [-0.05, 0) is 12.5 Å². The normalized spacial score (nSPS) is 10.4. The van der Waals surface area contributed by atoms with Crippen LogP contribution in [-0.4, -0.2) is 45.5 Å². The van der Waals surface area contributed by atoms with E-state index in [-0.39, 0.29) is 0 Å². The molecule has 1 rings (SSSR count). The molecule has 0 aliphatic carbocycles. The molecular formula is C12H22N4O2. The molecule has 0 aliphatic rings. The molecule has 1 aromatic heterocycles. The summed E-state index contributed by atoms with van der Waals surface area (Å²) in [5.74, 6) is 6.02. The van der Waals surface area contributed by atoms with Crippen LogP contribution >= 0.6 is 0 Å². The summed E-state index contributed by atoms with van der Waals surface area (Å²) in [5.41, 5.74) is 3.63. The van der Waals surface area contributed by atoms with E-state index in [1.807, 2.05) is 12.1 Å². The first-order valence-corrected chi connectivity index (χ1v) is 5.97. The van der Waals surface area contributed by atoms with E-state index in [0.717, 1.165) is 31.8 Å². The SMILES string of the molecule is COCCCN(CCOC)c1ccnc(NN)c1. The fourth-order valence-electron chi connectivity index (χ4n) is 1.67. The Balaban J connectivity index is 2.66. The highest BCUT2D eigenvalue weighted by atomic mass is 16.5. The van der Waals surface area contributed by atoms with Gasteiger partial charge in [-0.3, -0.25) is 0 Å². The number of nitrogens with zero attached hydrogens (tertiary/aromatic N) is 2. The second kappa shape index (κ2) is 8.68. The lowest BCUT2D eigenvalue weighted by molar-refractivity contribution is 0.191. The molecule has 0 atom stereocenters. The van der Waals surface area contributed by atoms with Gasteiger partial charge in [0.25, 0.3) is 0 Å². The third-order valence-electron chi connectivity index (χ3n) is 2.60. The number of aromatic nitrogens is 1. The summed E-state index contributed by atoms with van der Waals surface area (Å²) < 4.78 is 10.2. The van der Waals surface area contributed by atoms with Crippen molar-refractivity contribution in [3.63, 3.8) is 0 Å². The Bertz CT molecular complexity index is 336. The molecule has 0 aliphatic heterocycles. The minimum Gasteiger partial charge on any atom is -0.385 e. The molecule has 1 aromatic rings. The first-order valence-electron chi connectivity index (χ1n) is 5.97. The second-order valence-corrected chi connectivity index (χ2v) is 3.87. The number of ether oxygens (including phenoxy) is 2. The fraction of sp³-hybridized carbons (Fsp3) is 0.583. The third kappa shape index (κ3) is 4.87. The van der Waals surface area contributed by atoms with Crippen LogP contribution in [0.15, 0.2) is 18.3 Å². The van der Waals surface area contributed by atoms with Crippen molar-refractivity contribution in [2.75, 3.05) is 50.8 Å². The lowest BCUT2D eigenvalue weighted by atomic mass is 10.3. The highest BCUT2D eigenvalue weighted by Gasteiger charge is 2.07. The zero-order valence-electron chi connectivity index (χ0n) is 11.1. The van der Waals surface area contributed by atoms with E-state index in [1.165, 1.54) is 0 Å². The maximum atomic E-state index is 5.36. The van der Waals surface area contributed by atoms with E-state index in [4.69, 9.17) is 15.3 Å². The first kappa shape index (κ1) is 14.7. The number of rotatable bonds is 9. The molecule has 0 fully saturated rings. The Hall–Kier alpha value is -1.37. The van der Waals surface area contributed by atoms with Gasteiger partial charge in [0, 0.05) is 51.9 Å². The lowest BCUT2D eigenvalue weighted by Gasteiger charge is -2.24. The maximum absolute atomic E-state index is 5.36. The number of nitrogen functional groups attached to an aromatic ring is 1. The lowest BCUT2D eigenvalue weighted by Crippen LogP contribution is -2.29. The Labute approximate surface area is 108 Å². The summed E-state index contributed by atoms with van der Waals surface area (Å²) in [6, 6.07) is 3.88. The minimum absolute atomic E-state index is 0.654. The molecule has 0 amide bonds. The van der Waals surface area contributed by atoms with Crippen molar-refractivity contribution in [1.29, 1.82) is 0 Å². The Morgan fingerprint density at radius 2 is 2.06 bits per heavy atom. The van der Waals surface area contributed by atoms with Gasteiger partial charge in [0.15, 0.2) is 0 Å². The number of nitrogens with one attached hydrogen (secondary N) is 1. The van der Waals surface area contributed by atoms with Crippen LogP contribution in [0.2, 0.25) is 0 Å². The molecule has 1 heterocycles. The molecule has 0 saturated heterocycles. The predicted octanol–water partition coefficient (Wildman–Crippen LogP) is 0.857. The van der Waals surface area contributed by atoms with Gasteiger partial charge in [-0.1, -0.05) is 0 Å². The fourth-order valence-corrected chi connectivity index (χ4v) is 1.67. The average Bonchev–Trinajstić information content (AvgIpc) is 2.42. The van der Waals surface area contributed by atoms with Crippen LogP contribution in [0.5, 0.6) is 0 Å². The summed E-state index contributed by atoms with van der Waals surface area (Å²) in [7, 11) is 3.41. The van der Waals surface area contributed by atoms with Crippen LogP contribution in [0.25, 0.3) is 0 Å². The first-order chi connectivity index (χ1) is 8.81. The van der Waals surface area contributed by atoms with Crippen molar-refractivity contribution in [2.24, 2.45) is 5.84 Å². The van der Waals surface area contributed by atoms with Crippen molar-refractivity contribution >= 4 is 11.5 Å². The summed E-state index contributed by atoms with van der Waals surface area (Å²) >= 11 is 0. The van der Waals surface area contributed by atoms with Crippen LogP contribution in [0.1, 0.15) is 6.42 Å². The number of methoxy groups -OCH3 is 2. The monoisotopic (exact) mass is 254 g/mol. The molecule has 0 unspecified atom stereocenters. The third-order valence-corrected chi connectivity index (χ3v) is 2.60. The van der Waals surface area contributed by atoms with E-state index < -0.39 is 0 Å². The summed E-state index contributed by atoms with van der Waals surface area (Å²) in [5, 5.41) is 0. The summed E-state index contributed by atoms with van der Waals surface area (Å²) in [4.78, 5) is 6.33. The van der Waals surface area contributed by atoms with Gasteiger partial charge < -0.3 is 19.8 Å². The number of pyridine rings is 1. The predicted molar refractivity (Wildman–Crippen MR) is 72.6 cm³/mol. The van der Waals surface area contributed by atoms with E-state index in [0.29, 0.717) is 12.4 Å². The molecule has 6 nitrogen and oxygen atoms in total. The van der Waals surface area contributed by atoms with Crippen LogP contribution in [0, 0.1) is 0 Å². The topological polar surface area (TPSA) is 72.6 Å². The van der Waals surface area contributed by atoms with Crippen LogP contribution < -0.4 is 16.2 Å². The number of anilines is 2. The molecule has 102 valence electrons. The van der Waals surface area contributed by atoms with Gasteiger partial charge in [-0.25, -0.2) is 10.8 Å². The second-order valence-electron chi connectivity index (χ2n) is 3.87. The number of hydrazine groups is 1. The molecule has 0 aromatic carbocycles. The number of nitrogens with two attached hydrogens (primary N) is 1. The van der Waals surface area contributed by atoms with Crippen molar-refractivity contribution in [3.05, 3.63) is 18.3 Å². The van der Waals surface area contributed by atoms with Gasteiger partial charge in [0.2, 0.25) is 0 Å². The quantitative estimate of drug-likeness (QED) is 0.387. The minimum atomic E-state index is 0.654. The van der Waals surface area contributed by atoms with E-state index >= 15 is 0 Å². The maximum Gasteiger partial charge on any atom is 0.141 e. The largest absolute Gasteiger partial charge is 0.385 e. The Morgan fingerprint density at radius 3 is 2.72 bits per heavy atom.